The van der Waals surface area contributed by atoms with Crippen LogP contribution in [0.3, 0.4) is 0 Å². The van der Waals surface area contributed by atoms with Gasteiger partial charge in [-0.05, 0) is 13.1 Å². The minimum atomic E-state index is 0.194. The van der Waals surface area contributed by atoms with Crippen molar-refractivity contribution >= 4 is 20.2 Å². The van der Waals surface area contributed by atoms with E-state index >= 15 is 0 Å². The van der Waals surface area contributed by atoms with Crippen LogP contribution >= 0.6 is 20.2 Å². The van der Waals surface area contributed by atoms with Gasteiger partial charge in [0.15, 0.2) is 0 Å². The average Bonchev–Trinajstić information content (AvgIpc) is 2.42. The van der Waals surface area contributed by atoms with Gasteiger partial charge >= 0.3 is 33.3 Å². The summed E-state index contributed by atoms with van der Waals surface area (Å²) < 4.78 is 0. The first-order chi connectivity index (χ1) is 8.86. The molecule has 18 heavy (non-hydrogen) atoms. The molecule has 2 aliphatic heterocycles. The molecule has 0 aromatic rings. The molecule has 2 aliphatic rings. The molecule has 0 bridgehead atoms. The molecule has 2 rings (SSSR count). The Hall–Kier alpha value is 0.979. The van der Waals surface area contributed by atoms with Crippen molar-refractivity contribution in [2.75, 3.05) is 26.2 Å². The van der Waals surface area contributed by atoms with E-state index in [1.165, 1.54) is 38.5 Å². The molecular formula is C12H23Cl2FeN3-2. The molecule has 6 heteroatoms. The van der Waals surface area contributed by atoms with E-state index in [9.17, 15) is 0 Å². The standard InChI is InChI=1S/C12H23N3.2ClH.Fe/c1-3-7-14-11(5-1)9-13-10-12-6-2-4-8-15-12;;;/h11-13H,1-10H2;2*1H;/q-2;;;+2/p-2. The molecule has 0 amide bonds. The molecule has 3 nitrogen and oxygen atoms in total. The zero-order valence-corrected chi connectivity index (χ0v) is 13.3. The Morgan fingerprint density at radius 3 is 1.67 bits per heavy atom. The Balaban J connectivity index is 0.000000492. The summed E-state index contributed by atoms with van der Waals surface area (Å²) in [6.07, 6.45) is 7.90. The van der Waals surface area contributed by atoms with Crippen LogP contribution in [0.1, 0.15) is 38.5 Å². The summed E-state index contributed by atoms with van der Waals surface area (Å²) >= 11 is 0.194. The summed E-state index contributed by atoms with van der Waals surface area (Å²) in [5.74, 6) is 0. The molecule has 2 fully saturated rings. The molecule has 2 atom stereocenters. The predicted molar refractivity (Wildman–Crippen MR) is 76.3 cm³/mol. The second kappa shape index (κ2) is 11.8. The van der Waals surface area contributed by atoms with Crippen molar-refractivity contribution in [3.63, 3.8) is 0 Å². The fraction of sp³-hybridized carbons (Fsp3) is 1.00. The molecule has 2 heterocycles. The van der Waals surface area contributed by atoms with E-state index in [2.05, 4.69) is 16.0 Å². The van der Waals surface area contributed by atoms with Gasteiger partial charge in [0.1, 0.15) is 0 Å². The van der Waals surface area contributed by atoms with Gasteiger partial charge in [0.05, 0.1) is 0 Å². The Morgan fingerprint density at radius 1 is 0.889 bits per heavy atom. The first-order valence-electron chi connectivity index (χ1n) is 6.76. The van der Waals surface area contributed by atoms with Crippen LogP contribution in [0.25, 0.3) is 10.6 Å². The number of halogens is 2. The van der Waals surface area contributed by atoms with Gasteiger partial charge in [-0.3, -0.25) is 0 Å². The third kappa shape index (κ3) is 8.21. The third-order valence-electron chi connectivity index (χ3n) is 3.43. The Labute approximate surface area is 126 Å². The van der Waals surface area contributed by atoms with Crippen molar-refractivity contribution in [3.8, 4) is 0 Å². The first kappa shape index (κ1) is 17.0. The monoisotopic (exact) mass is 335 g/mol. The van der Waals surface area contributed by atoms with Crippen LogP contribution in [0, 0.1) is 0 Å². The molecule has 2 unspecified atom stereocenters. The van der Waals surface area contributed by atoms with E-state index in [0.29, 0.717) is 12.1 Å². The molecule has 1 N–H and O–H groups in total. The van der Waals surface area contributed by atoms with Gasteiger partial charge in [-0.1, -0.05) is 38.5 Å². The van der Waals surface area contributed by atoms with E-state index < -0.39 is 0 Å². The Morgan fingerprint density at radius 2 is 1.33 bits per heavy atom. The zero-order chi connectivity index (χ0) is 13.1. The summed E-state index contributed by atoms with van der Waals surface area (Å²) in [5, 5.41) is 12.8. The van der Waals surface area contributed by atoms with Gasteiger partial charge in [0.2, 0.25) is 0 Å². The molecule has 0 aliphatic carbocycles. The number of nitrogens with zero attached hydrogens (tertiary/aromatic N) is 2. The van der Waals surface area contributed by atoms with E-state index in [0.717, 1.165) is 26.2 Å². The van der Waals surface area contributed by atoms with E-state index in [4.69, 9.17) is 20.2 Å². The number of hydrogen-bond acceptors (Lipinski definition) is 1. The van der Waals surface area contributed by atoms with Crippen LogP contribution in [0.5, 0.6) is 0 Å². The minimum absolute atomic E-state index is 0.194. The molecular weight excluding hydrogens is 313 g/mol. The molecule has 2 saturated heterocycles. The van der Waals surface area contributed by atoms with Gasteiger partial charge < -0.3 is 16.0 Å². The second-order valence-corrected chi connectivity index (χ2v) is 6.64. The van der Waals surface area contributed by atoms with Crippen LogP contribution in [-0.2, 0) is 13.1 Å². The molecule has 0 radical (unpaired) electrons. The van der Waals surface area contributed by atoms with Crippen LogP contribution < -0.4 is 5.32 Å². The summed E-state index contributed by atoms with van der Waals surface area (Å²) in [5.41, 5.74) is 0. The van der Waals surface area contributed by atoms with Crippen molar-refractivity contribution < 1.29 is 13.1 Å². The summed E-state index contributed by atoms with van der Waals surface area (Å²) in [4.78, 5) is 0. The van der Waals surface area contributed by atoms with Crippen LogP contribution in [0.2, 0.25) is 0 Å². The predicted octanol–water partition coefficient (Wildman–Crippen LogP) is 3.80. The van der Waals surface area contributed by atoms with Gasteiger partial charge in [0.25, 0.3) is 0 Å². The Kier molecular flexibility index (Phi) is 11.1. The van der Waals surface area contributed by atoms with Gasteiger partial charge in [0, 0.05) is 0 Å². The SMILES string of the molecule is C1CCC(CNCC2CCCC[N-]2)[N-]C1.[Cl][Fe][Cl]. The zero-order valence-electron chi connectivity index (χ0n) is 10.7. The van der Waals surface area contributed by atoms with Crippen molar-refractivity contribution in [1.29, 1.82) is 0 Å². The Bertz CT molecular complexity index is 168. The fourth-order valence-electron chi connectivity index (χ4n) is 2.46. The van der Waals surface area contributed by atoms with Crippen LogP contribution in [0.15, 0.2) is 0 Å². The number of piperidine rings is 2. The molecule has 110 valence electrons. The fourth-order valence-corrected chi connectivity index (χ4v) is 2.46. The quantitative estimate of drug-likeness (QED) is 0.780. The topological polar surface area (TPSA) is 40.2 Å². The summed E-state index contributed by atoms with van der Waals surface area (Å²) in [7, 11) is 9.53. The maximum atomic E-state index is 4.76. The summed E-state index contributed by atoms with van der Waals surface area (Å²) in [6.45, 7) is 4.32. The van der Waals surface area contributed by atoms with Gasteiger partial charge in [-0.25, -0.2) is 0 Å². The van der Waals surface area contributed by atoms with E-state index in [-0.39, 0.29) is 13.1 Å². The number of hydrogen-bond donors (Lipinski definition) is 1. The number of rotatable bonds is 4. The van der Waals surface area contributed by atoms with Crippen molar-refractivity contribution in [1.82, 2.24) is 5.32 Å². The van der Waals surface area contributed by atoms with Gasteiger partial charge in [-0.2, -0.15) is 0 Å². The number of nitrogens with one attached hydrogen (secondary N) is 1. The van der Waals surface area contributed by atoms with Gasteiger partial charge in [-0.15, -0.1) is 25.2 Å². The molecule has 0 saturated carbocycles. The van der Waals surface area contributed by atoms with E-state index in [1.807, 2.05) is 0 Å². The molecule has 0 aromatic carbocycles. The van der Waals surface area contributed by atoms with Crippen LogP contribution in [0.4, 0.5) is 0 Å². The van der Waals surface area contributed by atoms with Crippen molar-refractivity contribution in [2.24, 2.45) is 0 Å². The van der Waals surface area contributed by atoms with Crippen molar-refractivity contribution in [2.45, 2.75) is 50.6 Å². The second-order valence-electron chi connectivity index (χ2n) is 4.82. The first-order valence-corrected chi connectivity index (χ1v) is 9.79. The molecule has 0 spiro atoms. The van der Waals surface area contributed by atoms with Crippen molar-refractivity contribution in [3.05, 3.63) is 10.6 Å². The molecule has 0 aromatic heterocycles. The summed E-state index contributed by atoms with van der Waals surface area (Å²) in [6, 6.07) is 1.17. The average molecular weight is 336 g/mol. The third-order valence-corrected chi connectivity index (χ3v) is 3.43. The van der Waals surface area contributed by atoms with E-state index in [1.54, 1.807) is 0 Å². The van der Waals surface area contributed by atoms with Crippen LogP contribution in [-0.4, -0.2) is 38.3 Å². The normalized spacial score (nSPS) is 28.6. The maximum absolute atomic E-state index is 4.76.